The standard InChI is InChI=1S/C44H32N3O.C14H14N.Ir/c1-25(2)35-22-28(27-12-6-5-7-13-27)23-36(26(3)4)40(35)30-18-20-32-33-21-19-31-29-14-8-9-15-34(29)44-46-38-16-10-11-17-39(38)47(44)41(31)43(33)48-42(32)37(30)24-45;1-10-4-6-13(7-5-10)14-8-11(2)12(3)9-15-14;/h5-14,16-23,25-26H,1-4H3;4-6,8-9H,1-3H3;/q2*-1;/i;1D3,2D3,3D3;. The molecule has 7 aromatic carbocycles. The van der Waals surface area contributed by atoms with Crippen molar-refractivity contribution in [1.29, 1.82) is 5.26 Å². The van der Waals surface area contributed by atoms with Crippen LogP contribution in [-0.2, 0) is 20.1 Å². The molecule has 0 fully saturated rings. The summed E-state index contributed by atoms with van der Waals surface area (Å²) >= 11 is 0. The predicted octanol–water partition coefficient (Wildman–Crippen LogP) is 15.4. The van der Waals surface area contributed by atoms with E-state index >= 15 is 0 Å². The van der Waals surface area contributed by atoms with Crippen LogP contribution in [0.5, 0.6) is 0 Å². The van der Waals surface area contributed by atoms with Gasteiger partial charge < -0.3 is 13.8 Å². The molecule has 0 spiro atoms. The second-order valence-corrected chi connectivity index (χ2v) is 16.4. The molecule has 0 amide bonds. The van der Waals surface area contributed by atoms with Crippen molar-refractivity contribution in [3.63, 3.8) is 0 Å². The fraction of sp³-hybridized carbons (Fsp3) is 0.155. The number of fused-ring (bicyclic) bond motifs is 12. The molecule has 1 radical (unpaired) electrons. The third-order valence-electron chi connectivity index (χ3n) is 11.9. The molecule has 0 aliphatic carbocycles. The summed E-state index contributed by atoms with van der Waals surface area (Å²) in [5.41, 5.74) is 12.6. The number of furan rings is 1. The van der Waals surface area contributed by atoms with Crippen LogP contribution in [0.15, 0.2) is 144 Å². The third-order valence-corrected chi connectivity index (χ3v) is 11.9. The van der Waals surface area contributed by atoms with E-state index in [1.54, 1.807) is 0 Å². The average molecular weight is 1020 g/mol. The van der Waals surface area contributed by atoms with Gasteiger partial charge in [0.15, 0.2) is 11.2 Å². The van der Waals surface area contributed by atoms with Crippen LogP contribution in [0.25, 0.3) is 93.8 Å². The van der Waals surface area contributed by atoms with Gasteiger partial charge in [0.05, 0.1) is 22.2 Å². The molecule has 0 N–H and O–H groups in total. The summed E-state index contributed by atoms with van der Waals surface area (Å²) in [5, 5.41) is 15.9. The predicted molar refractivity (Wildman–Crippen MR) is 260 cm³/mol. The number of aryl methyl sites for hydroxylation is 3. The van der Waals surface area contributed by atoms with Crippen molar-refractivity contribution in [2.75, 3.05) is 0 Å². The molecule has 4 heterocycles. The third kappa shape index (κ3) is 7.16. The van der Waals surface area contributed by atoms with E-state index in [0.29, 0.717) is 16.7 Å². The minimum Gasteiger partial charge on any atom is -0.452 e. The maximum atomic E-state index is 10.9. The SMILES string of the molecule is CC(C)c1cc(-c2ccccc2)cc(C(C)C)c1-c1ccc2c(oc3c2ccc2c4ccc[c-]c4c4nc5ccccc5n4c23)c1C#N.[2H]C([2H])([2H])c1c[c-]c(-c2cc(C([2H])([2H])[2H])c(C([2H])([2H])[2H])cn2)cc1.[Ir]. The van der Waals surface area contributed by atoms with Crippen molar-refractivity contribution in [3.05, 3.63) is 185 Å². The van der Waals surface area contributed by atoms with Gasteiger partial charge in [0.1, 0.15) is 11.6 Å². The Labute approximate surface area is 400 Å². The maximum absolute atomic E-state index is 10.9. The number of hydrogen-bond acceptors (Lipinski definition) is 4. The minimum atomic E-state index is -2.61. The van der Waals surface area contributed by atoms with Crippen molar-refractivity contribution in [2.45, 2.75) is 60.1 Å². The first-order valence-corrected chi connectivity index (χ1v) is 20.9. The van der Waals surface area contributed by atoms with Gasteiger partial charge in [-0.15, -0.1) is 65.0 Å². The van der Waals surface area contributed by atoms with Gasteiger partial charge in [-0.25, -0.2) is 0 Å². The van der Waals surface area contributed by atoms with Gasteiger partial charge in [-0.3, -0.25) is 4.98 Å². The molecule has 0 bridgehead atoms. The van der Waals surface area contributed by atoms with Crippen LogP contribution in [0.2, 0.25) is 0 Å². The van der Waals surface area contributed by atoms with Crippen molar-refractivity contribution in [2.24, 2.45) is 0 Å². The molecule has 0 unspecified atom stereocenters. The summed E-state index contributed by atoms with van der Waals surface area (Å²) in [6.45, 7) is 1.47. The van der Waals surface area contributed by atoms with E-state index in [0.717, 1.165) is 72.0 Å². The number of rotatable bonds is 5. The number of nitrogens with zero attached hydrogens (tertiary/aromatic N) is 4. The van der Waals surface area contributed by atoms with Gasteiger partial charge in [0.25, 0.3) is 0 Å². The Morgan fingerprint density at radius 3 is 2.16 bits per heavy atom. The van der Waals surface area contributed by atoms with E-state index in [9.17, 15) is 5.26 Å². The summed E-state index contributed by atoms with van der Waals surface area (Å²) in [5.74, 6) is 0.492. The first-order chi connectivity index (χ1) is 34.2. The monoisotopic (exact) mass is 1020 g/mol. The number of hydrogen-bond donors (Lipinski definition) is 0. The Kier molecular flexibility index (Phi) is 8.69. The summed E-state index contributed by atoms with van der Waals surface area (Å²) in [6.07, 6.45) is 1.02. The molecule has 6 heteroatoms. The van der Waals surface area contributed by atoms with Crippen LogP contribution < -0.4 is 0 Å². The molecule has 4 aromatic heterocycles. The second kappa shape index (κ2) is 17.0. The Hall–Kier alpha value is -6.90. The number of pyridine rings is 2. The van der Waals surface area contributed by atoms with Crippen molar-refractivity contribution in [1.82, 2.24) is 14.4 Å². The van der Waals surface area contributed by atoms with Crippen molar-refractivity contribution < 1.29 is 36.9 Å². The van der Waals surface area contributed by atoms with Gasteiger partial charge in [-0.2, -0.15) is 5.26 Å². The Bertz CT molecular complexity index is 3930. The summed E-state index contributed by atoms with van der Waals surface area (Å²) in [7, 11) is 0. The zero-order valence-corrected chi connectivity index (χ0v) is 37.9. The average Bonchev–Trinajstić information content (AvgIpc) is 3.94. The van der Waals surface area contributed by atoms with Crippen LogP contribution in [0.3, 0.4) is 0 Å². The smallest absolute Gasteiger partial charge is 0.158 e. The largest absolute Gasteiger partial charge is 0.452 e. The van der Waals surface area contributed by atoms with Crippen LogP contribution in [0, 0.1) is 44.0 Å². The molecule has 11 aromatic rings. The van der Waals surface area contributed by atoms with Crippen LogP contribution in [0.1, 0.15) is 85.2 Å². The quantitative estimate of drug-likeness (QED) is 0.127. The first kappa shape index (κ1) is 32.7. The zero-order valence-electron chi connectivity index (χ0n) is 44.5. The second-order valence-electron chi connectivity index (χ2n) is 16.4. The van der Waals surface area contributed by atoms with E-state index in [4.69, 9.17) is 21.7 Å². The molecular formula is C58H46IrN4O-2. The molecule has 5 nitrogen and oxygen atoms in total. The van der Waals surface area contributed by atoms with Gasteiger partial charge in [0, 0.05) is 55.0 Å². The van der Waals surface area contributed by atoms with E-state index in [2.05, 4.69) is 134 Å². The van der Waals surface area contributed by atoms with Crippen molar-refractivity contribution >= 4 is 60.3 Å². The summed E-state index contributed by atoms with van der Waals surface area (Å²) in [6, 6.07) is 52.2. The number of benzene rings is 7. The first-order valence-electron chi connectivity index (χ1n) is 25.4. The van der Waals surface area contributed by atoms with E-state index < -0.39 is 20.6 Å². The van der Waals surface area contributed by atoms with Gasteiger partial charge in [-0.1, -0.05) is 124 Å². The fourth-order valence-corrected chi connectivity index (χ4v) is 8.81. The Morgan fingerprint density at radius 1 is 0.703 bits per heavy atom. The maximum Gasteiger partial charge on any atom is 0.158 e. The number of aromatic nitrogens is 3. The Balaban J connectivity index is 0.000000223. The fourth-order valence-electron chi connectivity index (χ4n) is 8.81. The van der Waals surface area contributed by atoms with Crippen LogP contribution in [-0.4, -0.2) is 14.4 Å². The van der Waals surface area contributed by atoms with E-state index in [1.165, 1.54) is 46.5 Å². The van der Waals surface area contributed by atoms with Gasteiger partial charge >= 0.3 is 0 Å². The van der Waals surface area contributed by atoms with Gasteiger partial charge in [-0.05, 0) is 88.2 Å². The molecule has 0 atom stereocenters. The van der Waals surface area contributed by atoms with Gasteiger partial charge in [0.2, 0.25) is 0 Å². The van der Waals surface area contributed by atoms with Crippen LogP contribution >= 0.6 is 0 Å². The van der Waals surface area contributed by atoms with E-state index in [-0.39, 0.29) is 54.3 Å². The molecule has 0 aliphatic heterocycles. The number of imidazole rings is 1. The molecule has 0 saturated carbocycles. The number of para-hydroxylation sites is 2. The summed E-state index contributed by atoms with van der Waals surface area (Å²) < 4.78 is 76.0. The minimum absolute atomic E-state index is 0. The normalized spacial score (nSPS) is 14.2. The molecule has 64 heavy (non-hydrogen) atoms. The van der Waals surface area contributed by atoms with E-state index in [1.807, 2.05) is 30.3 Å². The topological polar surface area (TPSA) is 67.1 Å². The zero-order chi connectivity index (χ0) is 51.0. The molecular weight excluding hydrogens is 961 g/mol. The molecule has 0 aliphatic rings. The Morgan fingerprint density at radius 2 is 1.44 bits per heavy atom. The van der Waals surface area contributed by atoms with Crippen LogP contribution in [0.4, 0.5) is 0 Å². The molecule has 315 valence electrons. The molecule has 11 rings (SSSR count). The number of nitriles is 1. The van der Waals surface area contributed by atoms with Crippen molar-refractivity contribution in [3.8, 4) is 39.6 Å². The molecule has 0 saturated heterocycles. The summed E-state index contributed by atoms with van der Waals surface area (Å²) in [4.78, 5) is 9.06.